The number of rotatable bonds is 1. The summed E-state index contributed by atoms with van der Waals surface area (Å²) in [6.07, 6.45) is 1.38. The molecule has 68 valence electrons. The molecule has 0 aliphatic rings. The van der Waals surface area contributed by atoms with E-state index in [0.717, 1.165) is 0 Å². The van der Waals surface area contributed by atoms with Crippen molar-refractivity contribution < 1.29 is 17.5 Å². The lowest BCUT2D eigenvalue weighted by Gasteiger charge is -1.94. The summed E-state index contributed by atoms with van der Waals surface area (Å²) in [6, 6.07) is 3.98. The monoisotopic (exact) mass is 199 g/mol. The first kappa shape index (κ1) is 8.21. The molecule has 0 saturated heterocycles. The number of aromatic nitrogens is 1. The van der Waals surface area contributed by atoms with Crippen LogP contribution in [0.2, 0.25) is 0 Å². The Bertz CT molecular complexity index is 542. The van der Waals surface area contributed by atoms with Crippen molar-refractivity contribution >= 4 is 21.1 Å². The average molecular weight is 199 g/mol. The van der Waals surface area contributed by atoms with Crippen molar-refractivity contribution in [2.45, 2.75) is 4.90 Å². The van der Waals surface area contributed by atoms with Crippen LogP contribution in [0.3, 0.4) is 0 Å². The Kier molecular flexibility index (Phi) is 1.61. The van der Waals surface area contributed by atoms with E-state index in [2.05, 4.69) is 5.16 Å². The Morgan fingerprint density at radius 3 is 2.85 bits per heavy atom. The van der Waals surface area contributed by atoms with Crippen LogP contribution in [0, 0.1) is 0 Å². The Balaban J connectivity index is 2.75. The molecule has 0 spiro atoms. The summed E-state index contributed by atoms with van der Waals surface area (Å²) in [7, 11) is -4.14. The fraction of sp³-hybridized carbons (Fsp3) is 0. The van der Waals surface area contributed by atoms with Gasteiger partial charge in [-0.1, -0.05) is 5.16 Å². The third kappa shape index (κ3) is 1.41. The molecule has 0 unspecified atom stereocenters. The van der Waals surface area contributed by atoms with Gasteiger partial charge in [0.05, 0.1) is 11.1 Å². The van der Waals surface area contributed by atoms with E-state index in [9.17, 15) is 8.42 Å². The van der Waals surface area contributed by atoms with E-state index in [1.807, 2.05) is 0 Å². The van der Waals surface area contributed by atoms with Gasteiger partial charge in [-0.2, -0.15) is 8.42 Å². The molecule has 0 fully saturated rings. The van der Waals surface area contributed by atoms with Gasteiger partial charge in [0.25, 0.3) is 10.1 Å². The molecular formula is C7H5NO4S. The van der Waals surface area contributed by atoms with Crippen molar-refractivity contribution in [1.29, 1.82) is 0 Å². The zero-order chi connectivity index (χ0) is 9.47. The molecule has 13 heavy (non-hydrogen) atoms. The van der Waals surface area contributed by atoms with Crippen molar-refractivity contribution in [3.05, 3.63) is 24.4 Å². The predicted octanol–water partition coefficient (Wildman–Crippen LogP) is 1.07. The van der Waals surface area contributed by atoms with Crippen LogP contribution in [0.4, 0.5) is 0 Å². The Hall–Kier alpha value is -1.40. The van der Waals surface area contributed by atoms with Crippen molar-refractivity contribution in [2.24, 2.45) is 0 Å². The summed E-state index contributed by atoms with van der Waals surface area (Å²) in [5.74, 6) is 0. The number of benzene rings is 1. The zero-order valence-electron chi connectivity index (χ0n) is 6.34. The lowest BCUT2D eigenvalue weighted by Crippen LogP contribution is -1.96. The van der Waals surface area contributed by atoms with Crippen LogP contribution in [-0.4, -0.2) is 18.1 Å². The van der Waals surface area contributed by atoms with Gasteiger partial charge in [0.2, 0.25) is 0 Å². The van der Waals surface area contributed by atoms with E-state index in [-0.39, 0.29) is 4.90 Å². The van der Waals surface area contributed by atoms with E-state index in [4.69, 9.17) is 9.08 Å². The van der Waals surface area contributed by atoms with Gasteiger partial charge in [0.1, 0.15) is 0 Å². The van der Waals surface area contributed by atoms with Crippen molar-refractivity contribution in [3.63, 3.8) is 0 Å². The van der Waals surface area contributed by atoms with Crippen molar-refractivity contribution in [3.8, 4) is 0 Å². The minimum absolute atomic E-state index is 0.164. The van der Waals surface area contributed by atoms with Gasteiger partial charge < -0.3 is 4.52 Å². The van der Waals surface area contributed by atoms with Crippen LogP contribution in [0.5, 0.6) is 0 Å². The Labute approximate surface area is 73.7 Å². The van der Waals surface area contributed by atoms with Gasteiger partial charge in [-0.05, 0) is 18.2 Å². The lowest BCUT2D eigenvalue weighted by molar-refractivity contribution is 0.456. The third-order valence-electron chi connectivity index (χ3n) is 1.62. The highest BCUT2D eigenvalue weighted by atomic mass is 32.2. The topological polar surface area (TPSA) is 80.4 Å². The van der Waals surface area contributed by atoms with E-state index in [0.29, 0.717) is 11.0 Å². The SMILES string of the molecule is O=S(=O)(O)c1ccc2oncc2c1. The van der Waals surface area contributed by atoms with Gasteiger partial charge in [-0.25, -0.2) is 0 Å². The standard InChI is InChI=1S/C7H5NO4S/c9-13(10,11)6-1-2-7-5(3-6)4-8-12-7/h1-4H,(H,9,10,11). The highest BCUT2D eigenvalue weighted by Crippen LogP contribution is 2.17. The summed E-state index contributed by atoms with van der Waals surface area (Å²) >= 11 is 0. The molecule has 0 atom stereocenters. The molecule has 2 aromatic rings. The molecule has 0 bridgehead atoms. The molecule has 1 N–H and O–H groups in total. The first-order valence-corrected chi connectivity index (χ1v) is 4.83. The lowest BCUT2D eigenvalue weighted by atomic mass is 10.3. The van der Waals surface area contributed by atoms with E-state index < -0.39 is 10.1 Å². The normalized spacial score (nSPS) is 12.1. The van der Waals surface area contributed by atoms with E-state index >= 15 is 0 Å². The second-order valence-corrected chi connectivity index (χ2v) is 3.92. The van der Waals surface area contributed by atoms with Gasteiger partial charge >= 0.3 is 0 Å². The molecule has 0 aliphatic carbocycles. The molecule has 1 aromatic heterocycles. The minimum Gasteiger partial charge on any atom is -0.356 e. The van der Waals surface area contributed by atoms with E-state index in [1.165, 1.54) is 24.4 Å². The summed E-state index contributed by atoms with van der Waals surface area (Å²) in [5.41, 5.74) is 0.479. The van der Waals surface area contributed by atoms with Crippen molar-refractivity contribution in [1.82, 2.24) is 5.16 Å². The molecule has 5 nitrogen and oxygen atoms in total. The second-order valence-electron chi connectivity index (χ2n) is 2.50. The summed E-state index contributed by atoms with van der Waals surface area (Å²) < 4.78 is 34.9. The largest absolute Gasteiger partial charge is 0.356 e. The first-order chi connectivity index (χ1) is 6.07. The van der Waals surface area contributed by atoms with Crippen molar-refractivity contribution in [2.75, 3.05) is 0 Å². The smallest absolute Gasteiger partial charge is 0.294 e. The maximum atomic E-state index is 10.7. The molecule has 0 saturated carbocycles. The van der Waals surface area contributed by atoms with E-state index in [1.54, 1.807) is 0 Å². The van der Waals surface area contributed by atoms with Crippen LogP contribution in [0.25, 0.3) is 11.0 Å². The van der Waals surface area contributed by atoms with Gasteiger partial charge in [0.15, 0.2) is 5.58 Å². The van der Waals surface area contributed by atoms with Crippen LogP contribution in [0.15, 0.2) is 33.8 Å². The molecule has 1 heterocycles. The van der Waals surface area contributed by atoms with Gasteiger partial charge in [0, 0.05) is 5.39 Å². The van der Waals surface area contributed by atoms with Crippen LogP contribution in [-0.2, 0) is 10.1 Å². The Morgan fingerprint density at radius 1 is 1.38 bits per heavy atom. The minimum atomic E-state index is -4.14. The molecular weight excluding hydrogens is 194 g/mol. The Morgan fingerprint density at radius 2 is 2.15 bits per heavy atom. The quantitative estimate of drug-likeness (QED) is 0.695. The maximum Gasteiger partial charge on any atom is 0.294 e. The van der Waals surface area contributed by atoms with Crippen LogP contribution in [0.1, 0.15) is 0 Å². The third-order valence-corrected chi connectivity index (χ3v) is 2.47. The predicted molar refractivity (Wildman–Crippen MR) is 43.8 cm³/mol. The molecule has 0 amide bonds. The molecule has 6 heteroatoms. The highest BCUT2D eigenvalue weighted by molar-refractivity contribution is 7.85. The number of hydrogen-bond acceptors (Lipinski definition) is 4. The van der Waals surface area contributed by atoms with Gasteiger partial charge in [-0.15, -0.1) is 0 Å². The number of nitrogens with zero attached hydrogens (tertiary/aromatic N) is 1. The average Bonchev–Trinajstić information content (AvgIpc) is 2.47. The number of fused-ring (bicyclic) bond motifs is 1. The summed E-state index contributed by atoms with van der Waals surface area (Å²) in [6.45, 7) is 0. The molecule has 2 rings (SSSR count). The molecule has 0 radical (unpaired) electrons. The number of hydrogen-bond donors (Lipinski definition) is 1. The zero-order valence-corrected chi connectivity index (χ0v) is 7.15. The second kappa shape index (κ2) is 2.54. The maximum absolute atomic E-state index is 10.7. The first-order valence-electron chi connectivity index (χ1n) is 3.39. The molecule has 1 aromatic carbocycles. The van der Waals surface area contributed by atoms with Crippen LogP contribution < -0.4 is 0 Å². The highest BCUT2D eigenvalue weighted by Gasteiger charge is 2.10. The van der Waals surface area contributed by atoms with Gasteiger partial charge in [-0.3, -0.25) is 4.55 Å². The fourth-order valence-electron chi connectivity index (χ4n) is 1.01. The molecule has 0 aliphatic heterocycles. The van der Waals surface area contributed by atoms with Crippen LogP contribution >= 0.6 is 0 Å². The fourth-order valence-corrected chi connectivity index (χ4v) is 1.53. The summed E-state index contributed by atoms with van der Waals surface area (Å²) in [4.78, 5) is -0.164. The summed E-state index contributed by atoms with van der Waals surface area (Å²) in [5, 5.41) is 4.01.